The summed E-state index contributed by atoms with van der Waals surface area (Å²) in [7, 11) is 0. The highest BCUT2D eigenvalue weighted by Gasteiger charge is 2.20. The van der Waals surface area contributed by atoms with Crippen LogP contribution in [-0.4, -0.2) is 107 Å². The Kier molecular flexibility index (Phi) is 24.8. The van der Waals surface area contributed by atoms with E-state index in [1.807, 2.05) is 18.2 Å². The first-order valence-corrected chi connectivity index (χ1v) is 17.1. The van der Waals surface area contributed by atoms with Gasteiger partial charge < -0.3 is 36.4 Å². The molecule has 1 heterocycles. The Labute approximate surface area is 278 Å². The molecule has 0 bridgehead atoms. The van der Waals surface area contributed by atoms with Crippen LogP contribution in [0.2, 0.25) is 0 Å². The standard InChI is InChI=1S/C33H58N6O8/c40-30(41)17-16-29(33(46)47)39-25-38-28(32(44)45)15-7-10-20-34-19-8-3-1-2-4-9-23-37-27(31(42)43)14-6-11-21-35-24-18-26-13-5-12-22-36-26/h5,12-13,22,27-29,34-35,37-39H,1-4,6-11,14-21,23-25H2,(H,40,41)(H,42,43)(H,44,45)(H,46,47). The Morgan fingerprint density at radius 1 is 0.574 bits per heavy atom. The summed E-state index contributed by atoms with van der Waals surface area (Å²) in [5.41, 5.74) is 1.07. The third-order valence-corrected chi connectivity index (χ3v) is 7.89. The van der Waals surface area contributed by atoms with Gasteiger partial charge in [-0.1, -0.05) is 44.6 Å². The maximum Gasteiger partial charge on any atom is 0.320 e. The number of pyridine rings is 1. The van der Waals surface area contributed by atoms with Crippen molar-refractivity contribution in [1.82, 2.24) is 31.6 Å². The number of rotatable bonds is 33. The average Bonchev–Trinajstić information content (AvgIpc) is 3.03. The smallest absolute Gasteiger partial charge is 0.320 e. The van der Waals surface area contributed by atoms with Crippen LogP contribution in [0.4, 0.5) is 0 Å². The predicted molar refractivity (Wildman–Crippen MR) is 179 cm³/mol. The number of nitrogens with zero attached hydrogens (tertiary/aromatic N) is 1. The molecule has 0 saturated heterocycles. The maximum absolute atomic E-state index is 11.6. The summed E-state index contributed by atoms with van der Waals surface area (Å²) in [5.74, 6) is -4.06. The van der Waals surface area contributed by atoms with E-state index in [-0.39, 0.29) is 19.5 Å². The minimum atomic E-state index is -1.18. The van der Waals surface area contributed by atoms with Gasteiger partial charge in [0.05, 0.1) is 0 Å². The van der Waals surface area contributed by atoms with Crippen LogP contribution in [0.3, 0.4) is 0 Å². The van der Waals surface area contributed by atoms with Gasteiger partial charge in [0, 0.05) is 37.9 Å². The molecule has 14 nitrogen and oxygen atoms in total. The van der Waals surface area contributed by atoms with E-state index in [2.05, 4.69) is 31.6 Å². The molecule has 0 fully saturated rings. The largest absolute Gasteiger partial charge is 0.481 e. The number of unbranched alkanes of at least 4 members (excludes halogenated alkanes) is 7. The molecule has 0 aliphatic rings. The Bertz CT molecular complexity index is 987. The van der Waals surface area contributed by atoms with Crippen molar-refractivity contribution in [2.24, 2.45) is 0 Å². The van der Waals surface area contributed by atoms with Crippen LogP contribution < -0.4 is 26.6 Å². The third-order valence-electron chi connectivity index (χ3n) is 7.89. The first kappa shape index (κ1) is 41.9. The van der Waals surface area contributed by atoms with E-state index >= 15 is 0 Å². The van der Waals surface area contributed by atoms with Gasteiger partial charge in [0.15, 0.2) is 0 Å². The molecular formula is C33H58N6O8. The number of aliphatic carboxylic acids is 4. The second kappa shape index (κ2) is 27.9. The van der Waals surface area contributed by atoms with Crippen LogP contribution in [0.5, 0.6) is 0 Å². The van der Waals surface area contributed by atoms with E-state index in [0.717, 1.165) is 96.1 Å². The van der Waals surface area contributed by atoms with Gasteiger partial charge in [-0.05, 0) is 83.3 Å². The summed E-state index contributed by atoms with van der Waals surface area (Å²) < 4.78 is 0. The van der Waals surface area contributed by atoms with Crippen LogP contribution in [0, 0.1) is 0 Å². The number of aromatic nitrogens is 1. The van der Waals surface area contributed by atoms with Crippen molar-refractivity contribution in [3.63, 3.8) is 0 Å². The van der Waals surface area contributed by atoms with Gasteiger partial charge in [0.1, 0.15) is 18.1 Å². The molecule has 0 aliphatic carbocycles. The molecule has 268 valence electrons. The van der Waals surface area contributed by atoms with Crippen LogP contribution in [0.1, 0.15) is 95.6 Å². The molecular weight excluding hydrogens is 608 g/mol. The molecule has 1 aromatic rings. The summed E-state index contributed by atoms with van der Waals surface area (Å²) in [4.78, 5) is 49.3. The van der Waals surface area contributed by atoms with Crippen LogP contribution in [0.25, 0.3) is 0 Å². The normalized spacial score (nSPS) is 13.2. The molecule has 0 radical (unpaired) electrons. The van der Waals surface area contributed by atoms with Crippen LogP contribution >= 0.6 is 0 Å². The number of hydrogen-bond acceptors (Lipinski definition) is 10. The van der Waals surface area contributed by atoms with E-state index < -0.39 is 42.0 Å². The molecule has 0 saturated carbocycles. The van der Waals surface area contributed by atoms with Crippen molar-refractivity contribution in [3.8, 4) is 0 Å². The second-order valence-electron chi connectivity index (χ2n) is 11.8. The molecule has 3 atom stereocenters. The minimum Gasteiger partial charge on any atom is -0.481 e. The van der Waals surface area contributed by atoms with Crippen molar-refractivity contribution < 1.29 is 39.6 Å². The molecule has 1 rings (SSSR count). The molecule has 0 spiro atoms. The van der Waals surface area contributed by atoms with Gasteiger partial charge in [-0.2, -0.15) is 0 Å². The fourth-order valence-electron chi connectivity index (χ4n) is 5.08. The predicted octanol–water partition coefficient (Wildman–Crippen LogP) is 2.44. The van der Waals surface area contributed by atoms with Crippen molar-refractivity contribution in [3.05, 3.63) is 30.1 Å². The van der Waals surface area contributed by atoms with Crippen molar-refractivity contribution in [2.75, 3.05) is 39.4 Å². The van der Waals surface area contributed by atoms with E-state index in [0.29, 0.717) is 25.8 Å². The van der Waals surface area contributed by atoms with Crippen molar-refractivity contribution in [2.45, 2.75) is 114 Å². The zero-order chi connectivity index (χ0) is 34.5. The van der Waals surface area contributed by atoms with E-state index in [1.54, 1.807) is 6.20 Å². The van der Waals surface area contributed by atoms with E-state index in [1.165, 1.54) is 0 Å². The topological polar surface area (TPSA) is 222 Å². The number of nitrogens with one attached hydrogen (secondary N) is 5. The van der Waals surface area contributed by atoms with Crippen LogP contribution in [-0.2, 0) is 25.6 Å². The lowest BCUT2D eigenvalue weighted by Crippen LogP contribution is -2.47. The first-order valence-electron chi connectivity index (χ1n) is 17.1. The quantitative estimate of drug-likeness (QED) is 0.0388. The number of hydrogen-bond donors (Lipinski definition) is 9. The first-order chi connectivity index (χ1) is 22.7. The van der Waals surface area contributed by atoms with Gasteiger partial charge in [-0.3, -0.25) is 34.8 Å². The molecule has 0 amide bonds. The van der Waals surface area contributed by atoms with Gasteiger partial charge in [-0.15, -0.1) is 0 Å². The fraction of sp³-hybridized carbons (Fsp3) is 0.727. The SMILES string of the molecule is O=C(O)CCC(NCNC(CCCCNCCCCCCCCNC(CCCCNCCc1ccccn1)C(=O)O)C(=O)O)C(=O)O. The Hall–Kier alpha value is -3.17. The average molecular weight is 667 g/mol. The molecule has 14 heteroatoms. The highest BCUT2D eigenvalue weighted by Crippen LogP contribution is 2.07. The zero-order valence-electron chi connectivity index (χ0n) is 27.8. The number of carboxylic acids is 4. The molecule has 0 aromatic carbocycles. The highest BCUT2D eigenvalue weighted by atomic mass is 16.4. The molecule has 3 unspecified atom stereocenters. The van der Waals surface area contributed by atoms with Gasteiger partial charge in [-0.25, -0.2) is 0 Å². The monoisotopic (exact) mass is 666 g/mol. The number of carboxylic acid groups (broad SMARTS) is 4. The molecule has 1 aromatic heterocycles. The Morgan fingerprint density at radius 3 is 1.60 bits per heavy atom. The summed E-state index contributed by atoms with van der Waals surface area (Å²) in [6.45, 7) is 4.10. The van der Waals surface area contributed by atoms with Gasteiger partial charge in [0.25, 0.3) is 0 Å². The fourth-order valence-corrected chi connectivity index (χ4v) is 5.08. The zero-order valence-corrected chi connectivity index (χ0v) is 27.8. The van der Waals surface area contributed by atoms with Crippen molar-refractivity contribution in [1.29, 1.82) is 0 Å². The second-order valence-corrected chi connectivity index (χ2v) is 11.8. The summed E-state index contributed by atoms with van der Waals surface area (Å²) >= 11 is 0. The summed E-state index contributed by atoms with van der Waals surface area (Å²) in [6, 6.07) is 3.53. The summed E-state index contributed by atoms with van der Waals surface area (Å²) in [6.07, 6.45) is 13.1. The van der Waals surface area contributed by atoms with Crippen LogP contribution in [0.15, 0.2) is 24.4 Å². The third kappa shape index (κ3) is 23.8. The lowest BCUT2D eigenvalue weighted by atomic mass is 10.1. The molecule has 0 aliphatic heterocycles. The van der Waals surface area contributed by atoms with E-state index in [4.69, 9.17) is 10.2 Å². The Morgan fingerprint density at radius 2 is 1.06 bits per heavy atom. The highest BCUT2D eigenvalue weighted by molar-refractivity contribution is 5.75. The lowest BCUT2D eigenvalue weighted by molar-refractivity contribution is -0.141. The maximum atomic E-state index is 11.6. The summed E-state index contributed by atoms with van der Waals surface area (Å²) in [5, 5.41) is 52.3. The van der Waals surface area contributed by atoms with Gasteiger partial charge >= 0.3 is 23.9 Å². The minimum absolute atomic E-state index is 0.0433. The lowest BCUT2D eigenvalue weighted by Gasteiger charge is -2.18. The number of carbonyl (C=O) groups is 4. The molecule has 47 heavy (non-hydrogen) atoms. The molecule has 9 N–H and O–H groups in total. The Balaban J connectivity index is 1.96. The van der Waals surface area contributed by atoms with E-state index in [9.17, 15) is 29.4 Å². The van der Waals surface area contributed by atoms with Gasteiger partial charge in [0.2, 0.25) is 0 Å². The van der Waals surface area contributed by atoms with Crippen molar-refractivity contribution >= 4 is 23.9 Å².